The SMILES string of the molecule is Cc1cccc(C)c1-c1cc(C(CC(=O)O)N(Cc2ccccc2)[C@H](C)c2ccccc2)ccc1F. The highest BCUT2D eigenvalue weighted by Crippen LogP contribution is 2.38. The Bertz CT molecular complexity index is 1300. The first kappa shape index (κ1) is 25.3. The van der Waals surface area contributed by atoms with Crippen molar-refractivity contribution in [3.05, 3.63) is 131 Å². The average Bonchev–Trinajstić information content (AvgIpc) is 2.88. The van der Waals surface area contributed by atoms with Crippen LogP contribution in [0, 0.1) is 19.7 Å². The van der Waals surface area contributed by atoms with E-state index in [1.54, 1.807) is 6.07 Å². The van der Waals surface area contributed by atoms with Gasteiger partial charge in [-0.05, 0) is 66.3 Å². The van der Waals surface area contributed by atoms with E-state index in [-0.39, 0.29) is 18.3 Å². The van der Waals surface area contributed by atoms with Crippen LogP contribution in [-0.2, 0) is 11.3 Å². The van der Waals surface area contributed by atoms with Gasteiger partial charge in [0.15, 0.2) is 0 Å². The molecule has 0 fully saturated rings. The fourth-order valence-electron chi connectivity index (χ4n) is 5.01. The van der Waals surface area contributed by atoms with Gasteiger partial charge in [0.2, 0.25) is 0 Å². The lowest BCUT2D eigenvalue weighted by Gasteiger charge is -2.37. The van der Waals surface area contributed by atoms with Gasteiger partial charge in [0.1, 0.15) is 5.82 Å². The lowest BCUT2D eigenvalue weighted by molar-refractivity contribution is -0.138. The van der Waals surface area contributed by atoms with Crippen molar-refractivity contribution in [2.45, 2.75) is 45.8 Å². The van der Waals surface area contributed by atoms with Gasteiger partial charge in [-0.1, -0.05) is 84.9 Å². The predicted molar refractivity (Wildman–Crippen MR) is 143 cm³/mol. The second-order valence-corrected chi connectivity index (χ2v) is 9.36. The van der Waals surface area contributed by atoms with E-state index in [0.717, 1.165) is 33.4 Å². The molecule has 0 amide bonds. The summed E-state index contributed by atoms with van der Waals surface area (Å²) in [4.78, 5) is 14.3. The van der Waals surface area contributed by atoms with E-state index in [9.17, 15) is 9.90 Å². The molecule has 0 saturated heterocycles. The second kappa shape index (κ2) is 11.3. The van der Waals surface area contributed by atoms with Gasteiger partial charge in [-0.25, -0.2) is 4.39 Å². The Hall–Kier alpha value is -3.76. The highest BCUT2D eigenvalue weighted by atomic mass is 19.1. The summed E-state index contributed by atoms with van der Waals surface area (Å²) in [6.07, 6.45) is -0.0954. The van der Waals surface area contributed by atoms with Crippen LogP contribution in [0.2, 0.25) is 0 Å². The Morgan fingerprint density at radius 1 is 0.833 bits per heavy atom. The predicted octanol–water partition coefficient (Wildman–Crippen LogP) is 7.89. The number of hydrogen-bond acceptors (Lipinski definition) is 2. The van der Waals surface area contributed by atoms with E-state index >= 15 is 4.39 Å². The van der Waals surface area contributed by atoms with Crippen LogP contribution in [-0.4, -0.2) is 16.0 Å². The standard InChI is InChI=1S/C32H32FNO2/c1-22-11-10-12-23(2)32(22)28-19-27(17-18-29(28)33)30(20-31(35)36)34(21-25-13-6-4-7-14-25)24(3)26-15-8-5-9-16-26/h4-19,24,30H,20-21H2,1-3H3,(H,35,36)/t24-,30?/m1/s1. The Kier molecular flexibility index (Phi) is 7.97. The van der Waals surface area contributed by atoms with Gasteiger partial charge >= 0.3 is 5.97 Å². The van der Waals surface area contributed by atoms with Gasteiger partial charge in [-0.15, -0.1) is 0 Å². The van der Waals surface area contributed by atoms with Gasteiger partial charge in [0.25, 0.3) is 0 Å². The Balaban J connectivity index is 1.85. The third kappa shape index (κ3) is 5.72. The summed E-state index contributed by atoms with van der Waals surface area (Å²) >= 11 is 0. The third-order valence-electron chi connectivity index (χ3n) is 6.88. The molecule has 4 rings (SSSR count). The minimum absolute atomic E-state index is 0.0653. The number of halogens is 1. The van der Waals surface area contributed by atoms with Gasteiger partial charge in [-0.3, -0.25) is 9.69 Å². The Morgan fingerprint density at radius 3 is 2.06 bits per heavy atom. The van der Waals surface area contributed by atoms with Crippen LogP contribution in [0.15, 0.2) is 97.1 Å². The van der Waals surface area contributed by atoms with E-state index in [1.165, 1.54) is 6.07 Å². The van der Waals surface area contributed by atoms with Crippen molar-refractivity contribution >= 4 is 5.97 Å². The second-order valence-electron chi connectivity index (χ2n) is 9.36. The monoisotopic (exact) mass is 481 g/mol. The quantitative estimate of drug-likeness (QED) is 0.264. The number of rotatable bonds is 9. The highest BCUT2D eigenvalue weighted by Gasteiger charge is 2.29. The number of hydrogen-bond donors (Lipinski definition) is 1. The first-order chi connectivity index (χ1) is 17.3. The minimum Gasteiger partial charge on any atom is -0.481 e. The van der Waals surface area contributed by atoms with Crippen molar-refractivity contribution in [3.8, 4) is 11.1 Å². The molecule has 184 valence electrons. The molecule has 0 aromatic heterocycles. The fraction of sp³-hybridized carbons (Fsp3) is 0.219. The lowest BCUT2D eigenvalue weighted by Crippen LogP contribution is -2.32. The molecule has 0 aliphatic heterocycles. The molecule has 0 saturated carbocycles. The van der Waals surface area contributed by atoms with Crippen molar-refractivity contribution < 1.29 is 14.3 Å². The number of aryl methyl sites for hydroxylation is 2. The molecule has 4 aromatic carbocycles. The zero-order valence-electron chi connectivity index (χ0n) is 21.0. The number of aliphatic carboxylic acids is 1. The maximum atomic E-state index is 15.2. The molecule has 4 aromatic rings. The van der Waals surface area contributed by atoms with Crippen LogP contribution in [0.4, 0.5) is 4.39 Å². The van der Waals surface area contributed by atoms with E-state index in [1.807, 2.05) is 74.5 Å². The van der Waals surface area contributed by atoms with E-state index in [0.29, 0.717) is 12.1 Å². The van der Waals surface area contributed by atoms with Crippen LogP contribution in [0.5, 0.6) is 0 Å². The summed E-state index contributed by atoms with van der Waals surface area (Å²) in [5.41, 5.74) is 6.31. The maximum absolute atomic E-state index is 15.2. The molecule has 1 N–H and O–H groups in total. The molecule has 1 unspecified atom stereocenters. The first-order valence-corrected chi connectivity index (χ1v) is 12.3. The van der Waals surface area contributed by atoms with Crippen LogP contribution < -0.4 is 0 Å². The van der Waals surface area contributed by atoms with Crippen molar-refractivity contribution in [2.24, 2.45) is 0 Å². The molecule has 2 atom stereocenters. The van der Waals surface area contributed by atoms with Gasteiger partial charge < -0.3 is 5.11 Å². The van der Waals surface area contributed by atoms with Crippen LogP contribution in [0.25, 0.3) is 11.1 Å². The molecule has 0 radical (unpaired) electrons. The summed E-state index contributed by atoms with van der Waals surface area (Å²) in [6, 6.07) is 30.6. The first-order valence-electron chi connectivity index (χ1n) is 12.3. The van der Waals surface area contributed by atoms with Gasteiger partial charge in [0.05, 0.1) is 6.42 Å². The molecule has 0 spiro atoms. The maximum Gasteiger partial charge on any atom is 0.305 e. The topological polar surface area (TPSA) is 40.5 Å². The summed E-state index contributed by atoms with van der Waals surface area (Å²) in [7, 11) is 0. The summed E-state index contributed by atoms with van der Waals surface area (Å²) < 4.78 is 15.2. The Labute approximate surface area is 212 Å². The fourth-order valence-corrected chi connectivity index (χ4v) is 5.01. The molecule has 36 heavy (non-hydrogen) atoms. The van der Waals surface area contributed by atoms with Crippen molar-refractivity contribution in [1.29, 1.82) is 0 Å². The van der Waals surface area contributed by atoms with Crippen LogP contribution >= 0.6 is 0 Å². The third-order valence-corrected chi connectivity index (χ3v) is 6.88. The highest BCUT2D eigenvalue weighted by molar-refractivity contribution is 5.73. The van der Waals surface area contributed by atoms with Crippen molar-refractivity contribution in [1.82, 2.24) is 4.90 Å². The zero-order chi connectivity index (χ0) is 25.7. The minimum atomic E-state index is -0.892. The molecule has 0 bridgehead atoms. The molecular weight excluding hydrogens is 449 g/mol. The number of carbonyl (C=O) groups is 1. The van der Waals surface area contributed by atoms with E-state index in [2.05, 4.69) is 36.1 Å². The molecular formula is C32H32FNO2. The van der Waals surface area contributed by atoms with E-state index in [4.69, 9.17) is 0 Å². The summed E-state index contributed by atoms with van der Waals surface area (Å²) in [5.74, 6) is -1.20. The summed E-state index contributed by atoms with van der Waals surface area (Å²) in [5, 5.41) is 9.94. The molecule has 3 nitrogen and oxygen atoms in total. The van der Waals surface area contributed by atoms with Gasteiger partial charge in [-0.2, -0.15) is 0 Å². The molecule has 4 heteroatoms. The van der Waals surface area contributed by atoms with Crippen molar-refractivity contribution in [2.75, 3.05) is 0 Å². The van der Waals surface area contributed by atoms with Crippen LogP contribution in [0.3, 0.4) is 0 Å². The molecule has 0 aliphatic rings. The average molecular weight is 482 g/mol. The normalized spacial score (nSPS) is 12.9. The zero-order valence-corrected chi connectivity index (χ0v) is 21.0. The number of nitrogens with zero attached hydrogens (tertiary/aromatic N) is 1. The van der Waals surface area contributed by atoms with E-state index < -0.39 is 12.0 Å². The smallest absolute Gasteiger partial charge is 0.305 e. The van der Waals surface area contributed by atoms with Crippen molar-refractivity contribution in [3.63, 3.8) is 0 Å². The largest absolute Gasteiger partial charge is 0.481 e. The summed E-state index contributed by atoms with van der Waals surface area (Å²) in [6.45, 7) is 6.61. The number of benzene rings is 4. The number of carboxylic acid groups (broad SMARTS) is 1. The molecule has 0 aliphatic carbocycles. The Morgan fingerprint density at radius 2 is 1.44 bits per heavy atom. The lowest BCUT2D eigenvalue weighted by atomic mass is 9.91. The number of carboxylic acids is 1. The van der Waals surface area contributed by atoms with Crippen LogP contribution in [0.1, 0.15) is 53.2 Å². The molecule has 0 heterocycles. The van der Waals surface area contributed by atoms with Gasteiger partial charge in [0, 0.05) is 24.2 Å².